The maximum Gasteiger partial charge on any atom is 0.311 e. The Balaban J connectivity index is 2.27. The average molecular weight is 251 g/mol. The van der Waals surface area contributed by atoms with Gasteiger partial charge >= 0.3 is 5.69 Å². The molecular weight excluding hydrogens is 234 g/mol. The number of hydrogen-bond donors (Lipinski definition) is 0. The van der Waals surface area contributed by atoms with E-state index in [2.05, 4.69) is 0 Å². The summed E-state index contributed by atoms with van der Waals surface area (Å²) in [5.74, 6) is 0.882. The van der Waals surface area contributed by atoms with Gasteiger partial charge in [0.25, 0.3) is 0 Å². The molecule has 1 aliphatic carbocycles. The van der Waals surface area contributed by atoms with Crippen molar-refractivity contribution in [1.82, 2.24) is 0 Å². The summed E-state index contributed by atoms with van der Waals surface area (Å²) in [6, 6.07) is 4.65. The molecular formula is C13H17NO4. The molecule has 0 amide bonds. The lowest BCUT2D eigenvalue weighted by Gasteiger charge is -2.21. The van der Waals surface area contributed by atoms with Crippen LogP contribution in [0.1, 0.15) is 33.6 Å². The first-order valence-corrected chi connectivity index (χ1v) is 5.99. The molecule has 0 aromatic heterocycles. The quantitative estimate of drug-likeness (QED) is 0.608. The molecule has 0 atom stereocenters. The van der Waals surface area contributed by atoms with Crippen molar-refractivity contribution in [2.75, 3.05) is 0 Å². The molecule has 1 fully saturated rings. The fourth-order valence-corrected chi connectivity index (χ4v) is 1.51. The lowest BCUT2D eigenvalue weighted by molar-refractivity contribution is -0.386. The van der Waals surface area contributed by atoms with Crippen molar-refractivity contribution < 1.29 is 14.4 Å². The molecule has 5 nitrogen and oxygen atoms in total. The number of ether oxygens (including phenoxy) is 2. The van der Waals surface area contributed by atoms with Crippen LogP contribution in [-0.2, 0) is 0 Å². The Morgan fingerprint density at radius 3 is 2.50 bits per heavy atom. The van der Waals surface area contributed by atoms with E-state index in [1.165, 1.54) is 6.07 Å². The maximum absolute atomic E-state index is 10.9. The number of nitro benzene ring substituents is 1. The SMILES string of the molecule is CC(C)(C)Oc1cc(OC2CC2)ccc1[N+](=O)[O-]. The van der Waals surface area contributed by atoms with Crippen molar-refractivity contribution in [3.8, 4) is 11.5 Å². The molecule has 0 aliphatic heterocycles. The first-order valence-electron chi connectivity index (χ1n) is 5.99. The zero-order valence-electron chi connectivity index (χ0n) is 10.8. The zero-order valence-corrected chi connectivity index (χ0v) is 10.8. The number of hydrogen-bond acceptors (Lipinski definition) is 4. The summed E-state index contributed by atoms with van der Waals surface area (Å²) < 4.78 is 11.2. The van der Waals surface area contributed by atoms with Gasteiger partial charge in [-0.1, -0.05) is 0 Å². The van der Waals surface area contributed by atoms with E-state index < -0.39 is 10.5 Å². The highest BCUT2D eigenvalue weighted by Crippen LogP contribution is 2.35. The van der Waals surface area contributed by atoms with Crippen LogP contribution in [-0.4, -0.2) is 16.6 Å². The first kappa shape index (κ1) is 12.7. The van der Waals surface area contributed by atoms with Gasteiger partial charge in [-0.2, -0.15) is 0 Å². The van der Waals surface area contributed by atoms with Crippen LogP contribution in [0.3, 0.4) is 0 Å². The van der Waals surface area contributed by atoms with Crippen molar-refractivity contribution in [1.29, 1.82) is 0 Å². The minimum Gasteiger partial charge on any atom is -0.490 e. The van der Waals surface area contributed by atoms with Crippen molar-refractivity contribution >= 4 is 5.69 Å². The molecule has 0 N–H and O–H groups in total. The van der Waals surface area contributed by atoms with Crippen LogP contribution in [0.4, 0.5) is 5.69 Å². The van der Waals surface area contributed by atoms with E-state index in [9.17, 15) is 10.1 Å². The Hall–Kier alpha value is -1.78. The largest absolute Gasteiger partial charge is 0.490 e. The predicted octanol–water partition coefficient (Wildman–Crippen LogP) is 3.31. The summed E-state index contributed by atoms with van der Waals surface area (Å²) in [6.07, 6.45) is 2.35. The van der Waals surface area contributed by atoms with Gasteiger partial charge in [-0.25, -0.2) is 0 Å². The monoisotopic (exact) mass is 251 g/mol. The Morgan fingerprint density at radius 2 is 2.00 bits per heavy atom. The van der Waals surface area contributed by atoms with E-state index in [1.54, 1.807) is 12.1 Å². The molecule has 0 spiro atoms. The van der Waals surface area contributed by atoms with Gasteiger partial charge in [0.15, 0.2) is 0 Å². The van der Waals surface area contributed by atoms with E-state index in [0.29, 0.717) is 5.75 Å². The smallest absolute Gasteiger partial charge is 0.311 e. The molecule has 0 bridgehead atoms. The minimum atomic E-state index is -0.483. The molecule has 0 radical (unpaired) electrons. The third-order valence-corrected chi connectivity index (χ3v) is 2.37. The van der Waals surface area contributed by atoms with E-state index in [-0.39, 0.29) is 17.5 Å². The molecule has 1 aromatic carbocycles. The summed E-state index contributed by atoms with van der Waals surface area (Å²) in [5.41, 5.74) is -0.517. The highest BCUT2D eigenvalue weighted by Gasteiger charge is 2.26. The summed E-state index contributed by atoms with van der Waals surface area (Å²) in [7, 11) is 0. The van der Waals surface area contributed by atoms with Crippen LogP contribution in [0.2, 0.25) is 0 Å². The van der Waals surface area contributed by atoms with E-state index in [4.69, 9.17) is 9.47 Å². The second-order valence-corrected chi connectivity index (χ2v) is 5.42. The van der Waals surface area contributed by atoms with Crippen LogP contribution in [0.15, 0.2) is 18.2 Å². The standard InChI is InChI=1S/C13H17NO4/c1-13(2,3)18-12-8-10(17-9-4-5-9)6-7-11(12)14(15)16/h6-9H,4-5H2,1-3H3. The summed E-state index contributed by atoms with van der Waals surface area (Å²) in [4.78, 5) is 10.5. The van der Waals surface area contributed by atoms with Gasteiger partial charge in [-0.05, 0) is 39.7 Å². The molecule has 1 aromatic rings. The Kier molecular flexibility index (Phi) is 3.15. The van der Waals surface area contributed by atoms with Crippen LogP contribution >= 0.6 is 0 Å². The van der Waals surface area contributed by atoms with Crippen LogP contribution in [0.5, 0.6) is 11.5 Å². The molecule has 0 heterocycles. The van der Waals surface area contributed by atoms with E-state index in [0.717, 1.165) is 12.8 Å². The molecule has 1 aliphatic rings. The van der Waals surface area contributed by atoms with Crippen molar-refractivity contribution in [2.45, 2.75) is 45.3 Å². The van der Waals surface area contributed by atoms with Gasteiger partial charge in [0.05, 0.1) is 11.0 Å². The third-order valence-electron chi connectivity index (χ3n) is 2.37. The van der Waals surface area contributed by atoms with Crippen molar-refractivity contribution in [3.63, 3.8) is 0 Å². The van der Waals surface area contributed by atoms with Gasteiger partial charge in [-0.15, -0.1) is 0 Å². The number of nitro groups is 1. The lowest BCUT2D eigenvalue weighted by atomic mass is 10.2. The second kappa shape index (κ2) is 4.48. The van der Waals surface area contributed by atoms with Gasteiger partial charge in [0, 0.05) is 12.1 Å². The normalized spacial score (nSPS) is 15.3. The molecule has 1 saturated carbocycles. The van der Waals surface area contributed by atoms with Crippen LogP contribution in [0.25, 0.3) is 0 Å². The molecule has 18 heavy (non-hydrogen) atoms. The summed E-state index contributed by atoms with van der Waals surface area (Å²) in [6.45, 7) is 5.56. The predicted molar refractivity (Wildman–Crippen MR) is 67.1 cm³/mol. The van der Waals surface area contributed by atoms with Gasteiger partial charge in [0.2, 0.25) is 5.75 Å². The second-order valence-electron chi connectivity index (χ2n) is 5.42. The highest BCUT2D eigenvalue weighted by molar-refractivity contribution is 5.51. The van der Waals surface area contributed by atoms with Gasteiger partial charge in [-0.3, -0.25) is 10.1 Å². The topological polar surface area (TPSA) is 61.6 Å². The Labute approximate surface area is 106 Å². The molecule has 5 heteroatoms. The third kappa shape index (κ3) is 3.35. The van der Waals surface area contributed by atoms with Crippen molar-refractivity contribution in [3.05, 3.63) is 28.3 Å². The average Bonchev–Trinajstić information content (AvgIpc) is 2.98. The first-order chi connectivity index (χ1) is 8.35. The molecule has 0 unspecified atom stereocenters. The summed E-state index contributed by atoms with van der Waals surface area (Å²) >= 11 is 0. The zero-order chi connectivity index (χ0) is 13.3. The summed E-state index contributed by atoms with van der Waals surface area (Å²) in [5, 5.41) is 10.9. The van der Waals surface area contributed by atoms with E-state index in [1.807, 2.05) is 20.8 Å². The van der Waals surface area contributed by atoms with Crippen molar-refractivity contribution in [2.24, 2.45) is 0 Å². The number of nitrogens with zero attached hydrogens (tertiary/aromatic N) is 1. The maximum atomic E-state index is 10.9. The molecule has 0 saturated heterocycles. The molecule has 98 valence electrons. The van der Waals surface area contributed by atoms with Gasteiger partial charge in [0.1, 0.15) is 11.4 Å². The van der Waals surface area contributed by atoms with Gasteiger partial charge < -0.3 is 9.47 Å². The lowest BCUT2D eigenvalue weighted by Crippen LogP contribution is -2.23. The van der Waals surface area contributed by atoms with E-state index >= 15 is 0 Å². The van der Waals surface area contributed by atoms with Crippen LogP contribution < -0.4 is 9.47 Å². The Morgan fingerprint density at radius 1 is 1.33 bits per heavy atom. The highest BCUT2D eigenvalue weighted by atomic mass is 16.6. The number of rotatable bonds is 4. The fourth-order valence-electron chi connectivity index (χ4n) is 1.51. The molecule has 2 rings (SSSR count). The van der Waals surface area contributed by atoms with Crippen LogP contribution in [0, 0.1) is 10.1 Å². The number of benzene rings is 1. The minimum absolute atomic E-state index is 0.0342. The fraction of sp³-hybridized carbons (Fsp3) is 0.538. The Bertz CT molecular complexity index is 461.